The Balaban J connectivity index is 1.89. The topological polar surface area (TPSA) is 66.4 Å². The lowest BCUT2D eigenvalue weighted by atomic mass is 9.71. The summed E-state index contributed by atoms with van der Waals surface area (Å²) in [5.74, 6) is -1.12. The Kier molecular flexibility index (Phi) is 4.17. The molecule has 7 heteroatoms. The number of methoxy groups -OCH3 is 1. The van der Waals surface area contributed by atoms with Gasteiger partial charge in [0.25, 0.3) is 0 Å². The number of hydrogen-bond donors (Lipinski definition) is 0. The highest BCUT2D eigenvalue weighted by Gasteiger charge is 2.60. The van der Waals surface area contributed by atoms with Crippen LogP contribution in [0.3, 0.4) is 0 Å². The Morgan fingerprint density at radius 1 is 1.12 bits per heavy atom. The summed E-state index contributed by atoms with van der Waals surface area (Å²) in [5.41, 5.74) is 0.308. The summed E-state index contributed by atoms with van der Waals surface area (Å²) < 4.78 is 17.0. The highest BCUT2D eigenvalue weighted by atomic mass is 16.7. The monoisotopic (exact) mass is 331 g/mol. The van der Waals surface area contributed by atoms with Crippen molar-refractivity contribution in [3.05, 3.63) is 35.9 Å². The van der Waals surface area contributed by atoms with Gasteiger partial charge < -0.3 is 18.9 Å². The van der Waals surface area contributed by atoms with Crippen LogP contribution in [-0.4, -0.2) is 43.1 Å². The van der Waals surface area contributed by atoms with Crippen molar-refractivity contribution in [2.45, 2.75) is 44.9 Å². The molecule has 2 unspecified atom stereocenters. The molecular formula is C17H22BNO5. The minimum absolute atomic E-state index is 0.421. The fraction of sp³-hybridized carbons (Fsp3) is 0.529. The van der Waals surface area contributed by atoms with Crippen LogP contribution >= 0.6 is 0 Å². The second-order valence-electron chi connectivity index (χ2n) is 7.04. The number of esters is 1. The first-order chi connectivity index (χ1) is 11.3. The van der Waals surface area contributed by atoms with Crippen molar-refractivity contribution in [2.24, 2.45) is 11.1 Å². The molecule has 24 heavy (non-hydrogen) atoms. The van der Waals surface area contributed by atoms with E-state index >= 15 is 0 Å². The minimum Gasteiger partial charge on any atom is -0.468 e. The quantitative estimate of drug-likeness (QED) is 0.628. The summed E-state index contributed by atoms with van der Waals surface area (Å²) in [4.78, 5) is 18.0. The van der Waals surface area contributed by atoms with Gasteiger partial charge in [-0.05, 0) is 27.7 Å². The number of rotatable bonds is 3. The first-order valence-corrected chi connectivity index (χ1v) is 7.99. The third-order valence-electron chi connectivity index (χ3n) is 4.96. The highest BCUT2D eigenvalue weighted by molar-refractivity contribution is 6.49. The average molecular weight is 331 g/mol. The van der Waals surface area contributed by atoms with Gasteiger partial charge in [-0.15, -0.1) is 0 Å². The number of nitrogens with zero attached hydrogens (tertiary/aromatic N) is 1. The number of benzene rings is 1. The van der Waals surface area contributed by atoms with Crippen LogP contribution in [0.1, 0.15) is 33.3 Å². The zero-order valence-corrected chi connectivity index (χ0v) is 14.6. The van der Waals surface area contributed by atoms with Crippen LogP contribution in [0.5, 0.6) is 0 Å². The average Bonchev–Trinajstić information content (AvgIpc) is 3.06. The number of carbonyl (C=O) groups is 1. The van der Waals surface area contributed by atoms with E-state index in [-0.39, 0.29) is 0 Å². The van der Waals surface area contributed by atoms with Crippen LogP contribution < -0.4 is 0 Å². The van der Waals surface area contributed by atoms with Gasteiger partial charge >= 0.3 is 13.1 Å². The number of oxime groups is 1. The van der Waals surface area contributed by atoms with Crippen LogP contribution in [-0.2, 0) is 23.7 Å². The predicted octanol–water partition coefficient (Wildman–Crippen LogP) is 2.21. The maximum absolute atomic E-state index is 12.4. The van der Waals surface area contributed by atoms with Gasteiger partial charge in [-0.1, -0.05) is 35.5 Å². The molecular weight excluding hydrogens is 309 g/mol. The van der Waals surface area contributed by atoms with E-state index in [1.807, 2.05) is 58.0 Å². The van der Waals surface area contributed by atoms with E-state index in [0.29, 0.717) is 5.71 Å². The Labute approximate surface area is 142 Å². The van der Waals surface area contributed by atoms with E-state index in [0.717, 1.165) is 5.56 Å². The third kappa shape index (κ3) is 2.72. The Morgan fingerprint density at radius 3 is 2.25 bits per heavy atom. The molecule has 0 amide bonds. The normalized spacial score (nSPS) is 27.5. The van der Waals surface area contributed by atoms with Crippen LogP contribution in [0, 0.1) is 5.92 Å². The first-order valence-electron chi connectivity index (χ1n) is 7.99. The molecule has 2 heterocycles. The summed E-state index contributed by atoms with van der Waals surface area (Å²) in [6, 6.07) is 8.74. The summed E-state index contributed by atoms with van der Waals surface area (Å²) >= 11 is 0. The van der Waals surface area contributed by atoms with Crippen molar-refractivity contribution in [3.8, 4) is 0 Å². The van der Waals surface area contributed by atoms with E-state index in [9.17, 15) is 4.79 Å². The van der Waals surface area contributed by atoms with Crippen molar-refractivity contribution < 1.29 is 23.7 Å². The van der Waals surface area contributed by atoms with Gasteiger partial charge in [-0.3, -0.25) is 4.79 Å². The molecule has 0 saturated carbocycles. The van der Waals surface area contributed by atoms with Crippen LogP contribution in [0.4, 0.5) is 0 Å². The highest BCUT2D eigenvalue weighted by Crippen LogP contribution is 2.40. The smallest absolute Gasteiger partial charge is 0.468 e. The molecule has 128 valence electrons. The molecule has 0 bridgehead atoms. The van der Waals surface area contributed by atoms with Crippen molar-refractivity contribution in [1.29, 1.82) is 0 Å². The molecule has 0 aliphatic carbocycles. The van der Waals surface area contributed by atoms with Gasteiger partial charge in [-0.25, -0.2) is 0 Å². The second kappa shape index (κ2) is 5.90. The SMILES string of the molecule is COC(=O)C1C(c2ccccc2)=NOC1B1OC(C)(C)C(C)(C)O1. The molecule has 0 spiro atoms. The summed E-state index contributed by atoms with van der Waals surface area (Å²) in [6.45, 7) is 7.81. The fourth-order valence-corrected chi connectivity index (χ4v) is 2.83. The molecule has 1 fully saturated rings. The van der Waals surface area contributed by atoms with Crippen molar-refractivity contribution in [1.82, 2.24) is 0 Å². The first kappa shape index (κ1) is 17.0. The molecule has 1 aromatic carbocycles. The zero-order chi connectivity index (χ0) is 17.5. The molecule has 6 nitrogen and oxygen atoms in total. The molecule has 2 aliphatic rings. The molecule has 0 aromatic heterocycles. The van der Waals surface area contributed by atoms with Gasteiger partial charge in [0.2, 0.25) is 0 Å². The summed E-state index contributed by atoms with van der Waals surface area (Å²) in [5, 5.41) is 4.13. The molecule has 2 atom stereocenters. The van der Waals surface area contributed by atoms with Crippen molar-refractivity contribution in [3.63, 3.8) is 0 Å². The minimum atomic E-state index is -0.705. The van der Waals surface area contributed by atoms with Gasteiger partial charge in [-0.2, -0.15) is 0 Å². The molecule has 1 aromatic rings. The maximum atomic E-state index is 12.4. The maximum Gasteiger partial charge on any atom is 0.506 e. The lowest BCUT2D eigenvalue weighted by Crippen LogP contribution is -2.45. The Bertz CT molecular complexity index is 642. The Morgan fingerprint density at radius 2 is 1.71 bits per heavy atom. The van der Waals surface area contributed by atoms with Crippen LogP contribution in [0.2, 0.25) is 0 Å². The van der Waals surface area contributed by atoms with Crippen molar-refractivity contribution >= 4 is 18.8 Å². The van der Waals surface area contributed by atoms with E-state index in [4.69, 9.17) is 18.9 Å². The van der Waals surface area contributed by atoms with Gasteiger partial charge in [0.15, 0.2) is 6.00 Å². The number of ether oxygens (including phenoxy) is 1. The second-order valence-corrected chi connectivity index (χ2v) is 7.04. The van der Waals surface area contributed by atoms with Gasteiger partial charge in [0.1, 0.15) is 11.6 Å². The third-order valence-corrected chi connectivity index (χ3v) is 4.96. The van der Waals surface area contributed by atoms with Crippen LogP contribution in [0.15, 0.2) is 35.5 Å². The molecule has 0 N–H and O–H groups in total. The largest absolute Gasteiger partial charge is 0.506 e. The molecule has 1 saturated heterocycles. The van der Waals surface area contributed by atoms with E-state index < -0.39 is 36.2 Å². The van der Waals surface area contributed by atoms with E-state index in [2.05, 4.69) is 5.16 Å². The number of hydrogen-bond acceptors (Lipinski definition) is 6. The predicted molar refractivity (Wildman–Crippen MR) is 89.4 cm³/mol. The molecule has 2 aliphatic heterocycles. The lowest BCUT2D eigenvalue weighted by Gasteiger charge is -2.32. The number of carbonyl (C=O) groups excluding carboxylic acids is 1. The van der Waals surface area contributed by atoms with Gasteiger partial charge in [0, 0.05) is 5.56 Å². The van der Waals surface area contributed by atoms with Crippen molar-refractivity contribution in [2.75, 3.05) is 7.11 Å². The zero-order valence-electron chi connectivity index (χ0n) is 14.6. The van der Waals surface area contributed by atoms with E-state index in [1.165, 1.54) is 7.11 Å². The van der Waals surface area contributed by atoms with Crippen LogP contribution in [0.25, 0.3) is 0 Å². The lowest BCUT2D eigenvalue weighted by molar-refractivity contribution is -0.145. The Hall–Kier alpha value is -1.86. The fourth-order valence-electron chi connectivity index (χ4n) is 2.83. The molecule has 0 radical (unpaired) electrons. The van der Waals surface area contributed by atoms with Gasteiger partial charge in [0.05, 0.1) is 18.3 Å². The van der Waals surface area contributed by atoms with E-state index in [1.54, 1.807) is 0 Å². The summed E-state index contributed by atoms with van der Waals surface area (Å²) in [6.07, 6.45) is 0. The molecule has 3 rings (SSSR count). The standard InChI is InChI=1S/C17H22BNO5/c1-16(2)17(3,4)24-18(23-16)14-12(15(20)21-5)13(19-22-14)11-9-7-6-8-10-11/h6-10,12,14H,1-5H3. The summed E-state index contributed by atoms with van der Waals surface area (Å²) in [7, 11) is 0.647.